The van der Waals surface area contributed by atoms with Crippen molar-refractivity contribution < 1.29 is 9.53 Å². The standard InChI is InChI=1S/C14H18N2O2/c1-18-13-5-3-2-4-11(13)14(17)16-7-6-10-8-15-9-12(10)16/h2-5,10,12,15H,6-9H2,1H3/t10-,12+/m1/s1. The lowest BCUT2D eigenvalue weighted by molar-refractivity contribution is 0.0733. The van der Waals surface area contributed by atoms with E-state index in [9.17, 15) is 4.79 Å². The number of hydrogen-bond acceptors (Lipinski definition) is 3. The first-order chi connectivity index (χ1) is 8.81. The van der Waals surface area contributed by atoms with Crippen LogP contribution in [0.1, 0.15) is 16.8 Å². The zero-order valence-corrected chi connectivity index (χ0v) is 10.6. The Morgan fingerprint density at radius 1 is 1.39 bits per heavy atom. The molecule has 1 amide bonds. The number of carbonyl (C=O) groups excluding carboxylic acids is 1. The van der Waals surface area contributed by atoms with Crippen molar-refractivity contribution in [3.8, 4) is 5.75 Å². The van der Waals surface area contributed by atoms with Gasteiger partial charge in [0.2, 0.25) is 0 Å². The van der Waals surface area contributed by atoms with Gasteiger partial charge in [-0.25, -0.2) is 0 Å². The molecule has 18 heavy (non-hydrogen) atoms. The highest BCUT2D eigenvalue weighted by atomic mass is 16.5. The molecule has 0 aromatic heterocycles. The van der Waals surface area contributed by atoms with Gasteiger partial charge in [-0.1, -0.05) is 12.1 Å². The van der Waals surface area contributed by atoms with Crippen LogP contribution >= 0.6 is 0 Å². The molecular weight excluding hydrogens is 228 g/mol. The summed E-state index contributed by atoms with van der Waals surface area (Å²) in [4.78, 5) is 14.6. The number of hydrogen-bond donors (Lipinski definition) is 1. The number of amides is 1. The number of ether oxygens (including phenoxy) is 1. The van der Waals surface area contributed by atoms with E-state index in [0.29, 0.717) is 23.3 Å². The molecule has 2 saturated heterocycles. The van der Waals surface area contributed by atoms with Crippen LogP contribution in [0.3, 0.4) is 0 Å². The molecule has 2 fully saturated rings. The van der Waals surface area contributed by atoms with Crippen molar-refractivity contribution in [3.63, 3.8) is 0 Å². The Labute approximate surface area is 107 Å². The van der Waals surface area contributed by atoms with Gasteiger partial charge in [0.25, 0.3) is 5.91 Å². The molecule has 1 N–H and O–H groups in total. The van der Waals surface area contributed by atoms with Crippen LogP contribution < -0.4 is 10.1 Å². The van der Waals surface area contributed by atoms with Crippen LogP contribution in [0.2, 0.25) is 0 Å². The lowest BCUT2D eigenvalue weighted by Crippen LogP contribution is -2.39. The number of carbonyl (C=O) groups is 1. The van der Waals surface area contributed by atoms with Crippen molar-refractivity contribution in [2.24, 2.45) is 5.92 Å². The zero-order chi connectivity index (χ0) is 12.5. The number of benzene rings is 1. The molecular formula is C14H18N2O2. The van der Waals surface area contributed by atoms with Crippen LogP contribution in [0.5, 0.6) is 5.75 Å². The SMILES string of the molecule is COc1ccccc1C(=O)N1CC[C@@H]2CNC[C@@H]21. The summed E-state index contributed by atoms with van der Waals surface area (Å²) < 4.78 is 5.27. The first-order valence-electron chi connectivity index (χ1n) is 6.46. The molecule has 96 valence electrons. The average molecular weight is 246 g/mol. The van der Waals surface area contributed by atoms with Crippen molar-refractivity contribution in [1.29, 1.82) is 0 Å². The van der Waals surface area contributed by atoms with Gasteiger partial charge >= 0.3 is 0 Å². The minimum Gasteiger partial charge on any atom is -0.496 e. The fraction of sp³-hybridized carbons (Fsp3) is 0.500. The minimum atomic E-state index is 0.101. The number of nitrogens with zero attached hydrogens (tertiary/aromatic N) is 1. The van der Waals surface area contributed by atoms with Crippen molar-refractivity contribution in [1.82, 2.24) is 10.2 Å². The van der Waals surface area contributed by atoms with E-state index in [1.807, 2.05) is 29.2 Å². The van der Waals surface area contributed by atoms with E-state index in [2.05, 4.69) is 5.32 Å². The van der Waals surface area contributed by atoms with E-state index in [-0.39, 0.29) is 5.91 Å². The highest BCUT2D eigenvalue weighted by Crippen LogP contribution is 2.30. The van der Waals surface area contributed by atoms with Gasteiger partial charge in [0, 0.05) is 25.7 Å². The Morgan fingerprint density at radius 3 is 3.06 bits per heavy atom. The number of nitrogens with one attached hydrogen (secondary N) is 1. The maximum Gasteiger partial charge on any atom is 0.257 e. The summed E-state index contributed by atoms with van der Waals surface area (Å²) in [6.45, 7) is 2.83. The minimum absolute atomic E-state index is 0.101. The second-order valence-corrected chi connectivity index (χ2v) is 4.97. The summed E-state index contributed by atoms with van der Waals surface area (Å²) >= 11 is 0. The normalized spacial score (nSPS) is 26.2. The Morgan fingerprint density at radius 2 is 2.22 bits per heavy atom. The highest BCUT2D eigenvalue weighted by molar-refractivity contribution is 5.97. The van der Waals surface area contributed by atoms with Gasteiger partial charge in [0.05, 0.1) is 12.7 Å². The monoisotopic (exact) mass is 246 g/mol. The Bertz CT molecular complexity index is 461. The van der Waals surface area contributed by atoms with E-state index in [1.165, 1.54) is 0 Å². The summed E-state index contributed by atoms with van der Waals surface area (Å²) in [6, 6.07) is 7.82. The molecule has 4 heteroatoms. The smallest absolute Gasteiger partial charge is 0.257 e. The van der Waals surface area contributed by atoms with Crippen LogP contribution in [-0.2, 0) is 0 Å². The molecule has 2 aliphatic rings. The summed E-state index contributed by atoms with van der Waals surface area (Å²) in [6.07, 6.45) is 1.11. The lowest BCUT2D eigenvalue weighted by Gasteiger charge is -2.24. The number of rotatable bonds is 2. The topological polar surface area (TPSA) is 41.6 Å². The number of methoxy groups -OCH3 is 1. The molecule has 2 aliphatic heterocycles. The third-order valence-corrected chi connectivity index (χ3v) is 4.04. The number of likely N-dealkylation sites (tertiary alicyclic amines) is 1. The molecule has 0 aliphatic carbocycles. The molecule has 2 atom stereocenters. The highest BCUT2D eigenvalue weighted by Gasteiger charge is 2.40. The predicted octanol–water partition coefficient (Wildman–Crippen LogP) is 1.13. The third kappa shape index (κ3) is 1.77. The van der Waals surface area contributed by atoms with Gasteiger partial charge in [-0.3, -0.25) is 4.79 Å². The van der Waals surface area contributed by atoms with Gasteiger partial charge in [-0.2, -0.15) is 0 Å². The van der Waals surface area contributed by atoms with E-state index in [1.54, 1.807) is 7.11 Å². The first kappa shape index (κ1) is 11.5. The maximum absolute atomic E-state index is 12.6. The summed E-state index contributed by atoms with van der Waals surface area (Å²) in [5, 5.41) is 3.36. The van der Waals surface area contributed by atoms with Crippen LogP contribution in [0, 0.1) is 5.92 Å². The van der Waals surface area contributed by atoms with Crippen LogP contribution in [0.25, 0.3) is 0 Å². The van der Waals surface area contributed by atoms with Crippen molar-refractivity contribution >= 4 is 5.91 Å². The fourth-order valence-corrected chi connectivity index (χ4v) is 3.08. The molecule has 1 aromatic rings. The molecule has 0 saturated carbocycles. The zero-order valence-electron chi connectivity index (χ0n) is 10.6. The molecule has 0 radical (unpaired) electrons. The molecule has 0 unspecified atom stereocenters. The Hall–Kier alpha value is -1.55. The van der Waals surface area contributed by atoms with E-state index in [0.717, 1.165) is 26.1 Å². The van der Waals surface area contributed by atoms with Gasteiger partial charge in [-0.15, -0.1) is 0 Å². The van der Waals surface area contributed by atoms with Crippen LogP contribution in [0.15, 0.2) is 24.3 Å². The Balaban J connectivity index is 1.86. The molecule has 4 nitrogen and oxygen atoms in total. The Kier molecular flexibility index (Phi) is 2.96. The fourth-order valence-electron chi connectivity index (χ4n) is 3.08. The van der Waals surface area contributed by atoms with Crippen molar-refractivity contribution in [2.45, 2.75) is 12.5 Å². The first-order valence-corrected chi connectivity index (χ1v) is 6.46. The predicted molar refractivity (Wildman–Crippen MR) is 68.8 cm³/mol. The van der Waals surface area contributed by atoms with Crippen molar-refractivity contribution in [3.05, 3.63) is 29.8 Å². The number of para-hydroxylation sites is 1. The molecule has 0 spiro atoms. The van der Waals surface area contributed by atoms with E-state index >= 15 is 0 Å². The molecule has 3 rings (SSSR count). The van der Waals surface area contributed by atoms with E-state index < -0.39 is 0 Å². The van der Waals surface area contributed by atoms with Gasteiger partial charge in [-0.05, 0) is 24.5 Å². The average Bonchev–Trinajstić information content (AvgIpc) is 3.00. The maximum atomic E-state index is 12.6. The third-order valence-electron chi connectivity index (χ3n) is 4.04. The van der Waals surface area contributed by atoms with Gasteiger partial charge < -0.3 is 15.0 Å². The van der Waals surface area contributed by atoms with Crippen LogP contribution in [0.4, 0.5) is 0 Å². The number of fused-ring (bicyclic) bond motifs is 1. The van der Waals surface area contributed by atoms with Crippen molar-refractivity contribution in [2.75, 3.05) is 26.7 Å². The second kappa shape index (κ2) is 4.61. The summed E-state index contributed by atoms with van der Waals surface area (Å²) in [5.74, 6) is 1.39. The molecule has 0 bridgehead atoms. The van der Waals surface area contributed by atoms with Crippen LogP contribution in [-0.4, -0.2) is 43.6 Å². The quantitative estimate of drug-likeness (QED) is 0.850. The summed E-state index contributed by atoms with van der Waals surface area (Å²) in [5.41, 5.74) is 0.674. The second-order valence-electron chi connectivity index (χ2n) is 4.97. The lowest BCUT2D eigenvalue weighted by atomic mass is 10.0. The van der Waals surface area contributed by atoms with Gasteiger partial charge in [0.1, 0.15) is 5.75 Å². The molecule has 1 aromatic carbocycles. The largest absolute Gasteiger partial charge is 0.496 e. The van der Waals surface area contributed by atoms with E-state index in [4.69, 9.17) is 4.74 Å². The molecule has 2 heterocycles. The summed E-state index contributed by atoms with van der Waals surface area (Å²) in [7, 11) is 1.61. The van der Waals surface area contributed by atoms with Gasteiger partial charge in [0.15, 0.2) is 0 Å².